The van der Waals surface area contributed by atoms with Crippen LogP contribution < -0.4 is 5.32 Å². The van der Waals surface area contributed by atoms with Gasteiger partial charge in [-0.15, -0.1) is 0 Å². The van der Waals surface area contributed by atoms with E-state index in [1.807, 2.05) is 12.1 Å². The SMILES string of the molecule is CC1CC(SN2CCC3=CC(Nc4ccc(F)cc4)=C(C=N)CC3(C(=O)c3ccccn3)C2)C=CC1OS. The summed E-state index contributed by atoms with van der Waals surface area (Å²) in [6.45, 7) is 3.51. The Morgan fingerprint density at radius 2 is 2.11 bits per heavy atom. The summed E-state index contributed by atoms with van der Waals surface area (Å²) in [7, 11) is 0. The van der Waals surface area contributed by atoms with Crippen molar-refractivity contribution >= 4 is 42.5 Å². The van der Waals surface area contributed by atoms with E-state index >= 15 is 0 Å². The molecule has 3 aliphatic rings. The topological polar surface area (TPSA) is 78.3 Å². The predicted molar refractivity (Wildman–Crippen MR) is 154 cm³/mol. The lowest BCUT2D eigenvalue weighted by Gasteiger charge is -2.46. The van der Waals surface area contributed by atoms with E-state index in [1.165, 1.54) is 18.3 Å². The number of nitrogens with zero attached hydrogens (tertiary/aromatic N) is 2. The zero-order valence-corrected chi connectivity index (χ0v) is 22.9. The van der Waals surface area contributed by atoms with Crippen LogP contribution in [0.5, 0.6) is 0 Å². The Balaban J connectivity index is 1.45. The monoisotopic (exact) mass is 550 g/mol. The number of ketones is 1. The Hall–Kier alpha value is -2.72. The molecular formula is C29H31FN4O2S2. The lowest BCUT2D eigenvalue weighted by atomic mass is 9.65. The number of carbonyl (C=O) groups is 1. The van der Waals surface area contributed by atoms with E-state index in [0.717, 1.165) is 41.9 Å². The summed E-state index contributed by atoms with van der Waals surface area (Å²) >= 11 is 5.78. The molecule has 1 aromatic carbocycles. The molecule has 0 saturated carbocycles. The van der Waals surface area contributed by atoms with Crippen molar-refractivity contribution in [1.29, 1.82) is 5.41 Å². The highest BCUT2D eigenvalue weighted by Gasteiger charge is 2.49. The fourth-order valence-electron chi connectivity index (χ4n) is 5.51. The number of hydrogen-bond donors (Lipinski definition) is 3. The summed E-state index contributed by atoms with van der Waals surface area (Å²) in [4.78, 5) is 18.5. The minimum atomic E-state index is -0.818. The van der Waals surface area contributed by atoms with Gasteiger partial charge in [0.05, 0.1) is 11.5 Å². The van der Waals surface area contributed by atoms with E-state index in [2.05, 4.69) is 46.6 Å². The van der Waals surface area contributed by atoms with Crippen LogP contribution in [0, 0.1) is 22.6 Å². The van der Waals surface area contributed by atoms with Crippen LogP contribution in [-0.2, 0) is 4.18 Å². The number of Topliss-reactive ketones (excluding diaryl/α,β-unsaturated/α-hetero) is 1. The summed E-state index contributed by atoms with van der Waals surface area (Å²) in [6, 6.07) is 11.6. The number of nitrogens with one attached hydrogen (secondary N) is 2. The molecule has 1 aromatic heterocycles. The third kappa shape index (κ3) is 5.52. The van der Waals surface area contributed by atoms with Crippen LogP contribution >= 0.6 is 24.9 Å². The van der Waals surface area contributed by atoms with Crippen LogP contribution in [0.15, 0.2) is 83.7 Å². The van der Waals surface area contributed by atoms with E-state index in [0.29, 0.717) is 24.6 Å². The Kier molecular flexibility index (Phi) is 8.18. The standard InChI is InChI=1S/C29H31FN4O2S2/c1-19-14-24(9-10-27(19)36-37)38-34-13-11-21-15-26(33-23-7-5-22(30)6-8-23)20(17-31)16-29(21,18-34)28(35)25-4-2-3-12-32-25/h2-10,12,15,17,19,24,27,31,33,37H,11,13-14,16,18H2,1H3. The van der Waals surface area contributed by atoms with Gasteiger partial charge in [0.25, 0.3) is 0 Å². The molecular weight excluding hydrogens is 519 g/mol. The van der Waals surface area contributed by atoms with Crippen LogP contribution in [0.4, 0.5) is 10.1 Å². The number of benzene rings is 1. The number of anilines is 1. The average Bonchev–Trinajstić information content (AvgIpc) is 2.94. The van der Waals surface area contributed by atoms with Crippen molar-refractivity contribution < 1.29 is 13.4 Å². The summed E-state index contributed by atoms with van der Waals surface area (Å²) < 4.78 is 21.0. The van der Waals surface area contributed by atoms with Gasteiger partial charge in [-0.05, 0) is 86.1 Å². The second-order valence-electron chi connectivity index (χ2n) is 10.1. The molecule has 2 heterocycles. The molecule has 0 spiro atoms. The molecule has 0 radical (unpaired) electrons. The first-order valence-corrected chi connectivity index (χ1v) is 14.0. The number of pyridine rings is 1. The zero-order chi connectivity index (χ0) is 26.7. The number of piperidine rings is 1. The number of rotatable bonds is 8. The van der Waals surface area contributed by atoms with Crippen molar-refractivity contribution in [2.75, 3.05) is 18.4 Å². The van der Waals surface area contributed by atoms with Gasteiger partial charge in [0.2, 0.25) is 0 Å². The molecule has 4 atom stereocenters. The van der Waals surface area contributed by atoms with Crippen molar-refractivity contribution in [3.63, 3.8) is 0 Å². The molecule has 5 rings (SSSR count). The molecule has 1 aliphatic heterocycles. The molecule has 0 amide bonds. The first-order chi connectivity index (χ1) is 18.4. The fourth-order valence-corrected chi connectivity index (χ4v) is 7.21. The number of aromatic nitrogens is 1. The van der Waals surface area contributed by atoms with Gasteiger partial charge in [-0.2, -0.15) is 0 Å². The maximum Gasteiger partial charge on any atom is 0.192 e. The van der Waals surface area contributed by atoms with Gasteiger partial charge in [0.15, 0.2) is 5.78 Å². The molecule has 9 heteroatoms. The molecule has 2 N–H and O–H groups in total. The average molecular weight is 551 g/mol. The van der Waals surface area contributed by atoms with Gasteiger partial charge in [-0.25, -0.2) is 8.70 Å². The smallest absolute Gasteiger partial charge is 0.192 e. The largest absolute Gasteiger partial charge is 0.355 e. The molecule has 2 aromatic rings. The molecule has 1 fully saturated rings. The van der Waals surface area contributed by atoms with Crippen molar-refractivity contribution in [1.82, 2.24) is 9.29 Å². The molecule has 4 unspecified atom stereocenters. The van der Waals surface area contributed by atoms with Crippen LogP contribution in [0.3, 0.4) is 0 Å². The zero-order valence-electron chi connectivity index (χ0n) is 21.1. The van der Waals surface area contributed by atoms with Crippen LogP contribution in [0.1, 0.15) is 36.7 Å². The number of carbonyl (C=O) groups excluding carboxylic acids is 1. The summed E-state index contributed by atoms with van der Waals surface area (Å²) in [6.07, 6.45) is 11.3. The van der Waals surface area contributed by atoms with E-state index < -0.39 is 5.41 Å². The third-order valence-corrected chi connectivity index (χ3v) is 9.04. The van der Waals surface area contributed by atoms with Gasteiger partial charge < -0.3 is 14.9 Å². The fraction of sp³-hybridized carbons (Fsp3) is 0.345. The molecule has 0 bridgehead atoms. The lowest BCUT2D eigenvalue weighted by molar-refractivity contribution is 0.0775. The summed E-state index contributed by atoms with van der Waals surface area (Å²) in [5.74, 6) is 0.0204. The van der Waals surface area contributed by atoms with E-state index in [9.17, 15) is 9.18 Å². The summed E-state index contributed by atoms with van der Waals surface area (Å²) in [5, 5.41) is 11.8. The van der Waals surface area contributed by atoms with Crippen molar-refractivity contribution in [2.24, 2.45) is 11.3 Å². The second kappa shape index (κ2) is 11.6. The van der Waals surface area contributed by atoms with Gasteiger partial charge in [0, 0.05) is 42.1 Å². The highest BCUT2D eigenvalue weighted by atomic mass is 32.2. The molecule has 6 nitrogen and oxygen atoms in total. The molecule has 2 aliphatic carbocycles. The lowest BCUT2D eigenvalue weighted by Crippen LogP contribution is -2.49. The van der Waals surface area contributed by atoms with E-state index in [4.69, 9.17) is 9.59 Å². The van der Waals surface area contributed by atoms with Crippen LogP contribution in [-0.4, -0.2) is 45.7 Å². The van der Waals surface area contributed by atoms with Crippen LogP contribution in [0.2, 0.25) is 0 Å². The normalized spacial score (nSPS) is 27.4. The molecule has 38 heavy (non-hydrogen) atoms. The van der Waals surface area contributed by atoms with Crippen molar-refractivity contribution in [3.8, 4) is 0 Å². The van der Waals surface area contributed by atoms with E-state index in [-0.39, 0.29) is 23.0 Å². The van der Waals surface area contributed by atoms with Gasteiger partial charge >= 0.3 is 0 Å². The highest BCUT2D eigenvalue weighted by molar-refractivity contribution is 7.97. The minimum absolute atomic E-state index is 0.00816. The Labute approximate surface area is 232 Å². The third-order valence-electron chi connectivity index (χ3n) is 7.56. The highest BCUT2D eigenvalue weighted by Crippen LogP contribution is 2.49. The quantitative estimate of drug-likeness (QED) is 0.0896. The Morgan fingerprint density at radius 3 is 2.79 bits per heavy atom. The van der Waals surface area contributed by atoms with Crippen LogP contribution in [0.25, 0.3) is 0 Å². The summed E-state index contributed by atoms with van der Waals surface area (Å²) in [5.41, 5.74) is 2.89. The number of allylic oxidation sites excluding steroid dienone is 2. The minimum Gasteiger partial charge on any atom is -0.355 e. The van der Waals surface area contributed by atoms with Crippen molar-refractivity contribution in [2.45, 2.75) is 37.5 Å². The van der Waals surface area contributed by atoms with Gasteiger partial charge in [-0.3, -0.25) is 9.78 Å². The number of hydrogen-bond acceptors (Lipinski definition) is 8. The van der Waals surface area contributed by atoms with E-state index in [1.54, 1.807) is 42.4 Å². The Bertz CT molecular complexity index is 1280. The first-order valence-electron chi connectivity index (χ1n) is 12.8. The maximum atomic E-state index is 14.2. The van der Waals surface area contributed by atoms with Gasteiger partial charge in [0.1, 0.15) is 11.5 Å². The number of thiol groups is 1. The molecule has 1 saturated heterocycles. The molecule has 198 valence electrons. The van der Waals surface area contributed by atoms with Crippen molar-refractivity contribution in [3.05, 3.63) is 95.2 Å². The van der Waals surface area contributed by atoms with Gasteiger partial charge in [-0.1, -0.05) is 42.7 Å². The predicted octanol–water partition coefficient (Wildman–Crippen LogP) is 6.28. The maximum absolute atomic E-state index is 14.2. The number of fused-ring (bicyclic) bond motifs is 1. The Morgan fingerprint density at radius 1 is 1.29 bits per heavy atom. The number of halogens is 1. The first kappa shape index (κ1) is 26.9. The second-order valence-corrected chi connectivity index (χ2v) is 11.7.